The smallest absolute Gasteiger partial charge is 0.265 e. The van der Waals surface area contributed by atoms with E-state index in [0.717, 1.165) is 36.1 Å². The summed E-state index contributed by atoms with van der Waals surface area (Å²) in [6, 6.07) is 7.75. The van der Waals surface area contributed by atoms with Gasteiger partial charge in [-0.2, -0.15) is 0 Å². The minimum Gasteiger partial charge on any atom is -0.333 e. The summed E-state index contributed by atoms with van der Waals surface area (Å²) in [6.07, 6.45) is 4.04. The van der Waals surface area contributed by atoms with Crippen LogP contribution in [-0.4, -0.2) is 46.0 Å². The van der Waals surface area contributed by atoms with E-state index in [1.54, 1.807) is 22.8 Å². The molecule has 0 radical (unpaired) electrons. The minimum atomic E-state index is -2.55. The first-order valence-electron chi connectivity index (χ1n) is 15.8. The van der Waals surface area contributed by atoms with Gasteiger partial charge in [0, 0.05) is 42.2 Å². The number of pyridine rings is 1. The van der Waals surface area contributed by atoms with Crippen LogP contribution in [0.25, 0.3) is 33.6 Å². The maximum atomic E-state index is 14.8. The van der Waals surface area contributed by atoms with E-state index in [1.165, 1.54) is 29.0 Å². The molecule has 0 bridgehead atoms. The molecule has 1 aromatic carbocycles. The SMILES string of the molecule is CCC1=CC(C)CC(CC)=C1n1c(C=C(C)C)c(C(=O)N2CCNC[C@@H]2C)cc(-c2nc(-c3ccc(C(F)F)cc3)cs2)c1=O. The molecule has 1 aliphatic heterocycles. The second-order valence-electron chi connectivity index (χ2n) is 12.3. The van der Waals surface area contributed by atoms with Crippen LogP contribution in [0.2, 0.25) is 0 Å². The molecule has 3 aromatic rings. The van der Waals surface area contributed by atoms with Crippen molar-refractivity contribution < 1.29 is 13.6 Å². The lowest BCUT2D eigenvalue weighted by atomic mass is 9.86. The van der Waals surface area contributed by atoms with E-state index < -0.39 is 6.43 Å². The van der Waals surface area contributed by atoms with Crippen molar-refractivity contribution in [2.75, 3.05) is 19.6 Å². The van der Waals surface area contributed by atoms with E-state index in [4.69, 9.17) is 4.98 Å². The third kappa shape index (κ3) is 6.65. The van der Waals surface area contributed by atoms with Crippen molar-refractivity contribution in [2.24, 2.45) is 5.92 Å². The maximum absolute atomic E-state index is 14.8. The Bertz CT molecular complexity index is 1730. The van der Waals surface area contributed by atoms with Gasteiger partial charge >= 0.3 is 0 Å². The van der Waals surface area contributed by atoms with E-state index in [-0.39, 0.29) is 23.1 Å². The van der Waals surface area contributed by atoms with Crippen molar-refractivity contribution in [1.82, 2.24) is 19.8 Å². The lowest BCUT2D eigenvalue weighted by Gasteiger charge is -2.35. The largest absolute Gasteiger partial charge is 0.333 e. The molecule has 0 spiro atoms. The Kier molecular flexibility index (Phi) is 9.99. The van der Waals surface area contributed by atoms with Crippen LogP contribution in [0.5, 0.6) is 0 Å². The lowest BCUT2D eigenvalue weighted by Crippen LogP contribution is -2.52. The number of carbonyl (C=O) groups excluding carboxylic acids is 1. The second-order valence-corrected chi connectivity index (χ2v) is 13.1. The zero-order chi connectivity index (χ0) is 32.4. The number of benzene rings is 1. The van der Waals surface area contributed by atoms with Crippen molar-refractivity contribution >= 4 is 29.0 Å². The standard InChI is InChI=1S/C36H42F2N4O2S/c1-7-24-16-22(5)17-25(8-2)32(24)42-31(15-21(3)4)28(35(43)41-14-13-39-19-23(41)6)18-29(36(42)44)34-40-30(20-45-34)26-9-11-27(12-10-26)33(37)38/h9-12,15-16,18,20,22-23,33,39H,7-8,13-14,17,19H2,1-6H3/t22?,23-/m0/s1. The van der Waals surface area contributed by atoms with Crippen LogP contribution in [0.3, 0.4) is 0 Å². The molecule has 1 N–H and O–H groups in total. The van der Waals surface area contributed by atoms with Crippen LogP contribution >= 0.6 is 11.3 Å². The van der Waals surface area contributed by atoms with Crippen LogP contribution < -0.4 is 10.9 Å². The normalized spacial score (nSPS) is 18.8. The molecular formula is C36H42F2N4O2S. The van der Waals surface area contributed by atoms with E-state index in [2.05, 4.69) is 32.2 Å². The first-order valence-corrected chi connectivity index (χ1v) is 16.7. The maximum Gasteiger partial charge on any atom is 0.265 e. The number of thiazole rings is 1. The highest BCUT2D eigenvalue weighted by atomic mass is 32.1. The number of aromatic nitrogens is 2. The third-order valence-corrected chi connectivity index (χ3v) is 9.45. The Morgan fingerprint density at radius 1 is 1.16 bits per heavy atom. The van der Waals surface area contributed by atoms with Crippen LogP contribution in [0.4, 0.5) is 8.78 Å². The Labute approximate surface area is 268 Å². The van der Waals surface area contributed by atoms with Crippen LogP contribution in [-0.2, 0) is 0 Å². The van der Waals surface area contributed by atoms with Crippen LogP contribution in [0, 0.1) is 5.92 Å². The molecule has 1 unspecified atom stereocenters. The van der Waals surface area contributed by atoms with Gasteiger partial charge < -0.3 is 10.2 Å². The molecule has 0 saturated carbocycles. The highest BCUT2D eigenvalue weighted by molar-refractivity contribution is 7.13. The van der Waals surface area contributed by atoms with Gasteiger partial charge in [0.1, 0.15) is 5.01 Å². The van der Waals surface area contributed by atoms with E-state index >= 15 is 0 Å². The van der Waals surface area contributed by atoms with Gasteiger partial charge in [-0.25, -0.2) is 13.8 Å². The van der Waals surface area contributed by atoms with Gasteiger partial charge in [-0.05, 0) is 69.2 Å². The van der Waals surface area contributed by atoms with Gasteiger partial charge in [0.05, 0.1) is 28.2 Å². The molecule has 2 aliphatic rings. The molecule has 1 amide bonds. The number of hydrogen-bond acceptors (Lipinski definition) is 5. The number of halogens is 2. The van der Waals surface area contributed by atoms with Gasteiger partial charge in [-0.15, -0.1) is 11.3 Å². The number of amides is 1. The van der Waals surface area contributed by atoms with Crippen LogP contribution in [0.1, 0.15) is 88.8 Å². The number of allylic oxidation sites excluding steroid dienone is 5. The van der Waals surface area contributed by atoms with Gasteiger partial charge in [-0.3, -0.25) is 14.2 Å². The Morgan fingerprint density at radius 2 is 1.89 bits per heavy atom. The van der Waals surface area contributed by atoms with E-state index in [1.807, 2.05) is 37.1 Å². The van der Waals surface area contributed by atoms with Crippen molar-refractivity contribution in [3.05, 3.63) is 85.7 Å². The molecule has 9 heteroatoms. The molecule has 2 aromatic heterocycles. The zero-order valence-electron chi connectivity index (χ0n) is 26.9. The topological polar surface area (TPSA) is 67.2 Å². The van der Waals surface area contributed by atoms with Gasteiger partial charge in [-0.1, -0.05) is 56.7 Å². The summed E-state index contributed by atoms with van der Waals surface area (Å²) in [6.45, 7) is 14.4. The summed E-state index contributed by atoms with van der Waals surface area (Å²) < 4.78 is 28.1. The monoisotopic (exact) mass is 632 g/mol. The molecule has 5 rings (SSSR count). The molecule has 6 nitrogen and oxygen atoms in total. The first-order chi connectivity index (χ1) is 21.5. The number of piperazine rings is 1. The predicted molar refractivity (Wildman–Crippen MR) is 181 cm³/mol. The van der Waals surface area contributed by atoms with E-state index in [0.29, 0.717) is 58.6 Å². The quantitative estimate of drug-likeness (QED) is 0.271. The minimum absolute atomic E-state index is 0.00986. The molecule has 1 aliphatic carbocycles. The average molecular weight is 633 g/mol. The summed E-state index contributed by atoms with van der Waals surface area (Å²) in [5, 5.41) is 5.67. The fourth-order valence-electron chi connectivity index (χ4n) is 6.31. The predicted octanol–water partition coefficient (Wildman–Crippen LogP) is 8.43. The van der Waals surface area contributed by atoms with Crippen molar-refractivity contribution in [3.63, 3.8) is 0 Å². The number of nitrogens with zero attached hydrogens (tertiary/aromatic N) is 3. The summed E-state index contributed by atoms with van der Waals surface area (Å²) in [4.78, 5) is 35.9. The first kappa shape index (κ1) is 32.7. The number of carbonyl (C=O) groups is 1. The fourth-order valence-corrected chi connectivity index (χ4v) is 7.15. The van der Waals surface area contributed by atoms with Crippen LogP contribution in [0.15, 0.2) is 63.3 Å². The third-order valence-electron chi connectivity index (χ3n) is 8.57. The molecular weight excluding hydrogens is 590 g/mol. The van der Waals surface area contributed by atoms with Gasteiger partial charge in [0.15, 0.2) is 0 Å². The molecule has 1 saturated heterocycles. The van der Waals surface area contributed by atoms with Crippen molar-refractivity contribution in [2.45, 2.75) is 73.3 Å². The molecule has 1 fully saturated rings. The molecule has 3 heterocycles. The summed E-state index contributed by atoms with van der Waals surface area (Å²) in [5.41, 5.74) is 6.56. The Morgan fingerprint density at radius 3 is 2.51 bits per heavy atom. The number of rotatable bonds is 8. The summed E-state index contributed by atoms with van der Waals surface area (Å²) in [7, 11) is 0. The average Bonchev–Trinajstić information content (AvgIpc) is 3.51. The summed E-state index contributed by atoms with van der Waals surface area (Å²) in [5.74, 6) is 0.237. The Balaban J connectivity index is 1.79. The van der Waals surface area contributed by atoms with Crippen molar-refractivity contribution in [3.8, 4) is 21.8 Å². The summed E-state index contributed by atoms with van der Waals surface area (Å²) >= 11 is 1.31. The number of alkyl halides is 2. The lowest BCUT2D eigenvalue weighted by molar-refractivity contribution is 0.0655. The molecule has 238 valence electrons. The number of hydrogen-bond donors (Lipinski definition) is 1. The van der Waals surface area contributed by atoms with Gasteiger partial charge in [0.2, 0.25) is 0 Å². The Hall–Kier alpha value is -3.69. The van der Waals surface area contributed by atoms with Crippen molar-refractivity contribution in [1.29, 1.82) is 0 Å². The molecule has 2 atom stereocenters. The molecule has 45 heavy (non-hydrogen) atoms. The van der Waals surface area contributed by atoms with E-state index in [9.17, 15) is 18.4 Å². The second kappa shape index (κ2) is 13.7. The highest BCUT2D eigenvalue weighted by Crippen LogP contribution is 2.38. The zero-order valence-corrected chi connectivity index (χ0v) is 27.7. The highest BCUT2D eigenvalue weighted by Gasteiger charge is 2.31. The fraction of sp³-hybridized carbons (Fsp3) is 0.417. The van der Waals surface area contributed by atoms with Gasteiger partial charge in [0.25, 0.3) is 17.9 Å². The number of nitrogens with one attached hydrogen (secondary N) is 1.